The highest BCUT2D eigenvalue weighted by molar-refractivity contribution is 7.89. The van der Waals surface area contributed by atoms with Gasteiger partial charge < -0.3 is 0 Å². The number of hydrogen-bond donors (Lipinski definition) is 0. The number of benzene rings is 1. The number of hydrogen-bond acceptors (Lipinski definition) is 3. The van der Waals surface area contributed by atoms with E-state index in [4.69, 9.17) is 0 Å². The number of rotatable bonds is 2. The minimum Gasteiger partial charge on any atom is -0.297 e. The quantitative estimate of drug-likeness (QED) is 0.838. The molecule has 2 atom stereocenters. The Kier molecular flexibility index (Phi) is 3.80. The molecule has 2 fully saturated rings. The molecule has 1 aromatic rings. The molecule has 116 valence electrons. The van der Waals surface area contributed by atoms with Crippen molar-refractivity contribution < 1.29 is 12.8 Å². The maximum atomic E-state index is 13.5. The van der Waals surface area contributed by atoms with Gasteiger partial charge in [0.15, 0.2) is 0 Å². The third-order valence-corrected chi connectivity index (χ3v) is 6.74. The minimum atomic E-state index is -3.64. The summed E-state index contributed by atoms with van der Waals surface area (Å²) in [4.78, 5) is 2.47. The van der Waals surface area contributed by atoms with Crippen molar-refractivity contribution in [2.45, 2.75) is 43.7 Å². The van der Waals surface area contributed by atoms with Gasteiger partial charge in [-0.25, -0.2) is 12.8 Å². The second kappa shape index (κ2) is 5.34. The van der Waals surface area contributed by atoms with Gasteiger partial charge in [-0.2, -0.15) is 4.31 Å². The van der Waals surface area contributed by atoms with Crippen LogP contribution in [0.25, 0.3) is 0 Å². The molecule has 3 rings (SSSR count). The monoisotopic (exact) mass is 312 g/mol. The standard InChI is InChI=1S/C15H21FN2O2S/c1-11-5-6-13(16)8-15(11)21(19,20)18-10-14-4-3-7-17(14)9-12(18)2/h5-6,8,12,14H,3-4,7,9-10H2,1-2H3/t12-,14-/m1/s1. The number of halogens is 1. The molecule has 1 aromatic carbocycles. The summed E-state index contributed by atoms with van der Waals surface area (Å²) in [6.07, 6.45) is 2.17. The molecule has 2 aliphatic rings. The Hall–Kier alpha value is -0.980. The Morgan fingerprint density at radius 2 is 2.05 bits per heavy atom. The third kappa shape index (κ3) is 2.60. The van der Waals surface area contributed by atoms with Crippen molar-refractivity contribution in [2.75, 3.05) is 19.6 Å². The summed E-state index contributed by atoms with van der Waals surface area (Å²) < 4.78 is 40.8. The fourth-order valence-corrected chi connectivity index (χ4v) is 5.37. The summed E-state index contributed by atoms with van der Waals surface area (Å²) in [5.41, 5.74) is 0.595. The van der Waals surface area contributed by atoms with E-state index in [-0.39, 0.29) is 10.9 Å². The zero-order valence-corrected chi connectivity index (χ0v) is 13.2. The van der Waals surface area contributed by atoms with Gasteiger partial charge in [0, 0.05) is 25.2 Å². The topological polar surface area (TPSA) is 40.6 Å². The summed E-state index contributed by atoms with van der Waals surface area (Å²) in [5.74, 6) is -0.508. The van der Waals surface area contributed by atoms with Crippen LogP contribution < -0.4 is 0 Å². The SMILES string of the molecule is Cc1ccc(F)cc1S(=O)(=O)N1C[C@H]2CCCN2C[C@H]1C. The lowest BCUT2D eigenvalue weighted by molar-refractivity contribution is 0.117. The normalized spacial score (nSPS) is 27.8. The molecule has 4 nitrogen and oxygen atoms in total. The van der Waals surface area contributed by atoms with Gasteiger partial charge in [-0.3, -0.25) is 4.90 Å². The van der Waals surface area contributed by atoms with Gasteiger partial charge in [-0.1, -0.05) is 6.07 Å². The molecule has 0 amide bonds. The Morgan fingerprint density at radius 1 is 1.29 bits per heavy atom. The largest absolute Gasteiger partial charge is 0.297 e. The Bertz CT molecular complexity index is 647. The van der Waals surface area contributed by atoms with Gasteiger partial charge >= 0.3 is 0 Å². The fourth-order valence-electron chi connectivity index (χ4n) is 3.47. The van der Waals surface area contributed by atoms with Crippen LogP contribution in [0.5, 0.6) is 0 Å². The molecule has 0 N–H and O–H groups in total. The number of sulfonamides is 1. The van der Waals surface area contributed by atoms with Crippen molar-refractivity contribution in [3.8, 4) is 0 Å². The molecule has 2 heterocycles. The molecule has 0 aliphatic carbocycles. The fraction of sp³-hybridized carbons (Fsp3) is 0.600. The molecule has 2 saturated heterocycles. The Labute approximate surface area is 125 Å². The zero-order chi connectivity index (χ0) is 15.2. The molecule has 2 aliphatic heterocycles. The average molecular weight is 312 g/mol. The third-order valence-electron chi connectivity index (χ3n) is 4.62. The van der Waals surface area contributed by atoms with Crippen LogP contribution in [0.2, 0.25) is 0 Å². The molecular formula is C15H21FN2O2S. The summed E-state index contributed by atoms with van der Waals surface area (Å²) in [5, 5.41) is 0. The number of aryl methyl sites for hydroxylation is 1. The van der Waals surface area contributed by atoms with Gasteiger partial charge in [0.05, 0.1) is 4.90 Å². The second-order valence-corrected chi connectivity index (χ2v) is 7.98. The van der Waals surface area contributed by atoms with Crippen LogP contribution in [0.15, 0.2) is 23.1 Å². The van der Waals surface area contributed by atoms with E-state index in [0.717, 1.165) is 32.0 Å². The lowest BCUT2D eigenvalue weighted by atomic mass is 10.1. The van der Waals surface area contributed by atoms with E-state index in [1.165, 1.54) is 12.1 Å². The van der Waals surface area contributed by atoms with Crippen LogP contribution in [0.4, 0.5) is 4.39 Å². The van der Waals surface area contributed by atoms with Gasteiger partial charge in [-0.15, -0.1) is 0 Å². The highest BCUT2D eigenvalue weighted by Gasteiger charge is 2.40. The van der Waals surface area contributed by atoms with Crippen molar-refractivity contribution in [1.82, 2.24) is 9.21 Å². The molecule has 0 saturated carbocycles. The summed E-state index contributed by atoms with van der Waals surface area (Å²) in [6, 6.07) is 4.20. The lowest BCUT2D eigenvalue weighted by Gasteiger charge is -2.41. The average Bonchev–Trinajstić information content (AvgIpc) is 2.87. The summed E-state index contributed by atoms with van der Waals surface area (Å²) >= 11 is 0. The molecule has 0 aromatic heterocycles. The van der Waals surface area contributed by atoms with Crippen LogP contribution in [-0.4, -0.2) is 49.3 Å². The first-order chi connectivity index (χ1) is 9.89. The minimum absolute atomic E-state index is 0.0768. The van der Waals surface area contributed by atoms with Crippen molar-refractivity contribution in [3.63, 3.8) is 0 Å². The Morgan fingerprint density at radius 3 is 2.81 bits per heavy atom. The number of fused-ring (bicyclic) bond motifs is 1. The van der Waals surface area contributed by atoms with E-state index < -0.39 is 15.8 Å². The van der Waals surface area contributed by atoms with Gasteiger partial charge in [-0.05, 0) is 50.9 Å². The van der Waals surface area contributed by atoms with Gasteiger partial charge in [0.25, 0.3) is 0 Å². The molecule has 0 spiro atoms. The first kappa shape index (κ1) is 14.9. The van der Waals surface area contributed by atoms with Gasteiger partial charge in [0.1, 0.15) is 5.82 Å². The van der Waals surface area contributed by atoms with Crippen LogP contribution >= 0.6 is 0 Å². The van der Waals surface area contributed by atoms with E-state index in [9.17, 15) is 12.8 Å². The molecule has 21 heavy (non-hydrogen) atoms. The van der Waals surface area contributed by atoms with E-state index in [0.29, 0.717) is 18.2 Å². The molecule has 0 bridgehead atoms. The van der Waals surface area contributed by atoms with Crippen molar-refractivity contribution in [3.05, 3.63) is 29.6 Å². The molecular weight excluding hydrogens is 291 g/mol. The van der Waals surface area contributed by atoms with Crippen LogP contribution in [0.1, 0.15) is 25.3 Å². The highest BCUT2D eigenvalue weighted by Crippen LogP contribution is 2.30. The highest BCUT2D eigenvalue weighted by atomic mass is 32.2. The van der Waals surface area contributed by atoms with Crippen molar-refractivity contribution >= 4 is 10.0 Å². The first-order valence-corrected chi connectivity index (χ1v) is 8.85. The lowest BCUT2D eigenvalue weighted by Crippen LogP contribution is -2.56. The molecule has 0 radical (unpaired) electrons. The maximum Gasteiger partial charge on any atom is 0.243 e. The predicted octanol–water partition coefficient (Wildman–Crippen LogP) is 1.99. The first-order valence-electron chi connectivity index (χ1n) is 7.41. The number of nitrogens with zero attached hydrogens (tertiary/aromatic N) is 2. The van der Waals surface area contributed by atoms with E-state index in [2.05, 4.69) is 4.90 Å². The summed E-state index contributed by atoms with van der Waals surface area (Å²) in [6.45, 7) is 5.98. The number of piperazine rings is 1. The molecule has 6 heteroatoms. The predicted molar refractivity (Wildman–Crippen MR) is 79.1 cm³/mol. The van der Waals surface area contributed by atoms with E-state index in [1.807, 2.05) is 6.92 Å². The van der Waals surface area contributed by atoms with Crippen LogP contribution in [-0.2, 0) is 10.0 Å². The van der Waals surface area contributed by atoms with E-state index >= 15 is 0 Å². The van der Waals surface area contributed by atoms with Crippen LogP contribution in [0.3, 0.4) is 0 Å². The second-order valence-electron chi connectivity index (χ2n) is 6.12. The van der Waals surface area contributed by atoms with E-state index in [1.54, 1.807) is 11.2 Å². The summed E-state index contributed by atoms with van der Waals surface area (Å²) in [7, 11) is -3.64. The Balaban J connectivity index is 1.95. The molecule has 0 unspecified atom stereocenters. The smallest absolute Gasteiger partial charge is 0.243 e. The van der Waals surface area contributed by atoms with Crippen molar-refractivity contribution in [1.29, 1.82) is 0 Å². The van der Waals surface area contributed by atoms with Crippen LogP contribution in [0, 0.1) is 12.7 Å². The zero-order valence-electron chi connectivity index (χ0n) is 12.4. The van der Waals surface area contributed by atoms with Crippen molar-refractivity contribution in [2.24, 2.45) is 0 Å². The maximum absolute atomic E-state index is 13.5. The van der Waals surface area contributed by atoms with Gasteiger partial charge in [0.2, 0.25) is 10.0 Å².